The third kappa shape index (κ3) is 8.58. The van der Waals surface area contributed by atoms with E-state index in [0.717, 1.165) is 0 Å². The number of benzene rings is 3. The van der Waals surface area contributed by atoms with E-state index in [4.69, 9.17) is 38.6 Å². The van der Waals surface area contributed by atoms with Crippen LogP contribution in [-0.2, 0) is 33.2 Å². The first-order valence-corrected chi connectivity index (χ1v) is 17.1. The molecular formula is C39H45NO10. The van der Waals surface area contributed by atoms with E-state index >= 15 is 0 Å². The van der Waals surface area contributed by atoms with Crippen LogP contribution in [0.25, 0.3) is 0 Å². The lowest BCUT2D eigenvalue weighted by atomic mass is 9.88. The fourth-order valence-corrected chi connectivity index (χ4v) is 6.32. The molecule has 0 bridgehead atoms. The highest BCUT2D eigenvalue weighted by Gasteiger charge is 2.53. The molecule has 50 heavy (non-hydrogen) atoms. The van der Waals surface area contributed by atoms with Crippen LogP contribution in [0.5, 0.6) is 0 Å². The summed E-state index contributed by atoms with van der Waals surface area (Å²) in [5.74, 6) is -2.96. The van der Waals surface area contributed by atoms with Crippen LogP contribution < -0.4 is 0 Å². The number of carbonyl (C=O) groups is 3. The largest absolute Gasteiger partial charge is 0.454 e. The van der Waals surface area contributed by atoms with Gasteiger partial charge in [-0.25, -0.2) is 14.4 Å². The molecule has 0 spiro atoms. The van der Waals surface area contributed by atoms with Crippen LogP contribution in [0, 0.1) is 17.2 Å². The first kappa shape index (κ1) is 36.7. The lowest BCUT2D eigenvalue weighted by Crippen LogP contribution is -2.61. The summed E-state index contributed by atoms with van der Waals surface area (Å²) < 4.78 is 43.6. The SMILES string of the molecule is CCC1OC(OC2C(C)C(OC(C)=N)OC(CC)C2OC(=O)c2ccccc2)C(C)C(OC(=O)c2ccccc2)C1OC(=O)c1ccccc1. The fraction of sp³-hybridized carbons (Fsp3) is 0.436. The zero-order valence-electron chi connectivity index (χ0n) is 28.9. The highest BCUT2D eigenvalue weighted by Crippen LogP contribution is 2.39. The second-order valence-electron chi connectivity index (χ2n) is 12.6. The summed E-state index contributed by atoms with van der Waals surface area (Å²) in [6.45, 7) is 8.91. The minimum absolute atomic E-state index is 0.0422. The van der Waals surface area contributed by atoms with E-state index in [0.29, 0.717) is 29.5 Å². The molecule has 0 amide bonds. The maximum Gasteiger partial charge on any atom is 0.338 e. The molecule has 2 fully saturated rings. The van der Waals surface area contributed by atoms with Crippen molar-refractivity contribution >= 4 is 23.8 Å². The van der Waals surface area contributed by atoms with Gasteiger partial charge in [-0.3, -0.25) is 5.41 Å². The zero-order valence-corrected chi connectivity index (χ0v) is 28.9. The fourth-order valence-electron chi connectivity index (χ4n) is 6.32. The van der Waals surface area contributed by atoms with Crippen molar-refractivity contribution in [2.75, 3.05) is 0 Å². The summed E-state index contributed by atoms with van der Waals surface area (Å²) in [6, 6.07) is 25.8. The van der Waals surface area contributed by atoms with E-state index in [2.05, 4.69) is 0 Å². The van der Waals surface area contributed by atoms with E-state index in [1.165, 1.54) is 6.92 Å². The molecule has 0 aliphatic carbocycles. The number of carbonyl (C=O) groups excluding carboxylic acids is 3. The van der Waals surface area contributed by atoms with E-state index in [-0.39, 0.29) is 5.90 Å². The van der Waals surface area contributed by atoms with Crippen LogP contribution in [0.1, 0.15) is 78.5 Å². The highest BCUT2D eigenvalue weighted by molar-refractivity contribution is 5.90. The maximum atomic E-state index is 13.5. The van der Waals surface area contributed by atoms with E-state index in [9.17, 15) is 14.4 Å². The van der Waals surface area contributed by atoms with E-state index in [1.54, 1.807) is 91.9 Å². The number of nitrogens with one attached hydrogen (secondary N) is 1. The van der Waals surface area contributed by atoms with Gasteiger partial charge in [-0.2, -0.15) is 0 Å². The van der Waals surface area contributed by atoms with Gasteiger partial charge >= 0.3 is 17.9 Å². The Balaban J connectivity index is 1.47. The van der Waals surface area contributed by atoms with Gasteiger partial charge in [-0.05, 0) is 49.2 Å². The molecule has 11 nitrogen and oxygen atoms in total. The molecule has 1 N–H and O–H groups in total. The minimum Gasteiger partial charge on any atom is -0.454 e. The Kier molecular flexibility index (Phi) is 12.4. The molecule has 3 aromatic carbocycles. The third-order valence-electron chi connectivity index (χ3n) is 9.04. The molecule has 2 heterocycles. The first-order valence-electron chi connectivity index (χ1n) is 17.1. The van der Waals surface area contributed by atoms with Crippen molar-refractivity contribution < 1.29 is 47.5 Å². The molecule has 5 rings (SSSR count). The molecule has 2 aliphatic rings. The van der Waals surface area contributed by atoms with Crippen LogP contribution in [0.2, 0.25) is 0 Å². The average Bonchev–Trinajstić information content (AvgIpc) is 3.13. The molecule has 10 unspecified atom stereocenters. The van der Waals surface area contributed by atoms with Gasteiger partial charge in [0.2, 0.25) is 6.29 Å². The van der Waals surface area contributed by atoms with Crippen LogP contribution >= 0.6 is 0 Å². The van der Waals surface area contributed by atoms with Gasteiger partial charge in [0.15, 0.2) is 24.4 Å². The Morgan fingerprint density at radius 2 is 0.920 bits per heavy atom. The molecular weight excluding hydrogens is 642 g/mol. The molecule has 0 radical (unpaired) electrons. The second kappa shape index (κ2) is 16.9. The molecule has 3 aromatic rings. The first-order chi connectivity index (χ1) is 24.1. The van der Waals surface area contributed by atoms with Gasteiger partial charge < -0.3 is 33.2 Å². The topological polar surface area (TPSA) is 140 Å². The normalized spacial score (nSPS) is 29.3. The lowest BCUT2D eigenvalue weighted by molar-refractivity contribution is -0.331. The number of esters is 3. The van der Waals surface area contributed by atoms with Gasteiger partial charge in [0.1, 0.15) is 24.4 Å². The summed E-state index contributed by atoms with van der Waals surface area (Å²) in [7, 11) is 0. The summed E-state index contributed by atoms with van der Waals surface area (Å²) in [5, 5.41) is 7.98. The van der Waals surface area contributed by atoms with Crippen LogP contribution in [0.15, 0.2) is 91.0 Å². The molecule has 10 atom stereocenters. The smallest absolute Gasteiger partial charge is 0.338 e. The lowest BCUT2D eigenvalue weighted by Gasteiger charge is -2.49. The van der Waals surface area contributed by atoms with Crippen molar-refractivity contribution in [3.8, 4) is 0 Å². The maximum absolute atomic E-state index is 13.5. The number of ether oxygens (including phenoxy) is 7. The van der Waals surface area contributed by atoms with Crippen LogP contribution in [-0.4, -0.2) is 73.0 Å². The van der Waals surface area contributed by atoms with Gasteiger partial charge in [0.25, 0.3) is 0 Å². The third-order valence-corrected chi connectivity index (χ3v) is 9.04. The summed E-state index contributed by atoms with van der Waals surface area (Å²) in [6.07, 6.45) is -6.05. The average molecular weight is 688 g/mol. The van der Waals surface area contributed by atoms with Crippen molar-refractivity contribution in [3.05, 3.63) is 108 Å². The van der Waals surface area contributed by atoms with E-state index in [1.807, 2.05) is 26.8 Å². The molecule has 2 aliphatic heterocycles. The van der Waals surface area contributed by atoms with Gasteiger partial charge in [0.05, 0.1) is 16.7 Å². The number of rotatable bonds is 11. The Morgan fingerprint density at radius 3 is 1.32 bits per heavy atom. The summed E-state index contributed by atoms with van der Waals surface area (Å²) in [4.78, 5) is 40.2. The molecule has 0 saturated carbocycles. The van der Waals surface area contributed by atoms with Crippen molar-refractivity contribution in [1.29, 1.82) is 5.41 Å². The monoisotopic (exact) mass is 687 g/mol. The Hall–Kier alpha value is -4.58. The van der Waals surface area contributed by atoms with Gasteiger partial charge in [-0.1, -0.05) is 82.3 Å². The Morgan fingerprint density at radius 1 is 0.560 bits per heavy atom. The second-order valence-corrected chi connectivity index (χ2v) is 12.6. The predicted octanol–water partition coefficient (Wildman–Crippen LogP) is 6.60. The number of hydrogen-bond donors (Lipinski definition) is 1. The molecule has 266 valence electrons. The molecule has 0 aromatic heterocycles. The van der Waals surface area contributed by atoms with Gasteiger partial charge in [0, 0.05) is 18.8 Å². The Labute approximate surface area is 292 Å². The summed E-state index contributed by atoms with van der Waals surface area (Å²) in [5.41, 5.74) is 1.05. The quantitative estimate of drug-likeness (QED) is 0.101. The Bertz CT molecular complexity index is 1590. The van der Waals surface area contributed by atoms with Crippen molar-refractivity contribution in [1.82, 2.24) is 0 Å². The van der Waals surface area contributed by atoms with Crippen LogP contribution in [0.3, 0.4) is 0 Å². The summed E-state index contributed by atoms with van der Waals surface area (Å²) >= 11 is 0. The van der Waals surface area contributed by atoms with Crippen molar-refractivity contribution in [2.24, 2.45) is 11.8 Å². The van der Waals surface area contributed by atoms with Gasteiger partial charge in [-0.15, -0.1) is 0 Å². The molecule has 11 heteroatoms. The molecule has 2 saturated heterocycles. The standard InChI is InChI=1S/C39H45NO10/c1-6-29-33(48-36(42)27-19-13-9-14-20-27)31(47-35(41)26-17-11-8-12-18-26)23(3)39(46-29)50-32-24(4)38(44-25(5)40)45-30(7-2)34(32)49-37(43)28-21-15-10-16-22-28/h8-24,29-34,38-40H,6-7H2,1-5H3. The highest BCUT2D eigenvalue weighted by atomic mass is 16.7. The zero-order chi connectivity index (χ0) is 35.8. The number of hydrogen-bond acceptors (Lipinski definition) is 11. The van der Waals surface area contributed by atoms with E-state index < -0.39 is 78.9 Å². The van der Waals surface area contributed by atoms with Crippen molar-refractivity contribution in [3.63, 3.8) is 0 Å². The minimum atomic E-state index is -0.997. The van der Waals surface area contributed by atoms with Crippen LogP contribution in [0.4, 0.5) is 0 Å². The van der Waals surface area contributed by atoms with Crippen molar-refractivity contribution in [2.45, 2.75) is 96.7 Å². The predicted molar refractivity (Wildman–Crippen MR) is 183 cm³/mol.